The molecule has 0 radical (unpaired) electrons. The molecule has 25 heavy (non-hydrogen) atoms. The lowest BCUT2D eigenvalue weighted by molar-refractivity contribution is -0.115. The van der Waals surface area contributed by atoms with Crippen LogP contribution < -0.4 is 9.47 Å². The zero-order valence-corrected chi connectivity index (χ0v) is 14.3. The zero-order chi connectivity index (χ0) is 16.8. The highest BCUT2D eigenvalue weighted by molar-refractivity contribution is 7.20. The average Bonchev–Trinajstić information content (AvgIpc) is 3.27. The molecule has 2 aromatic carbocycles. The Hall–Kier alpha value is -2.59. The van der Waals surface area contributed by atoms with E-state index in [0.717, 1.165) is 29.1 Å². The van der Waals surface area contributed by atoms with Gasteiger partial charge < -0.3 is 9.47 Å². The van der Waals surface area contributed by atoms with Crippen LogP contribution >= 0.6 is 11.3 Å². The molecule has 4 heteroatoms. The number of allylic oxidation sites excluding steroid dienone is 2. The number of rotatable bonds is 2. The second kappa shape index (κ2) is 5.74. The average molecular weight is 348 g/mol. The topological polar surface area (TPSA) is 35.5 Å². The fraction of sp³-hybridized carbons (Fsp3) is 0.190. The van der Waals surface area contributed by atoms with E-state index < -0.39 is 0 Å². The van der Waals surface area contributed by atoms with Crippen molar-refractivity contribution in [3.05, 3.63) is 65.0 Å². The van der Waals surface area contributed by atoms with Crippen molar-refractivity contribution >= 4 is 32.8 Å². The van der Waals surface area contributed by atoms with E-state index in [0.29, 0.717) is 6.42 Å². The SMILES string of the molecule is O=C1C=C(c2cc3ccccc3s2)CC(c2ccc3c(c2)OCO3)C1. The molecule has 124 valence electrons. The molecule has 2 aliphatic rings. The Kier molecular flexibility index (Phi) is 3.38. The number of carbonyl (C=O) groups excluding carboxylic acids is 1. The predicted octanol–water partition coefficient (Wildman–Crippen LogP) is 5.16. The largest absolute Gasteiger partial charge is 0.454 e. The van der Waals surface area contributed by atoms with E-state index in [-0.39, 0.29) is 18.5 Å². The Morgan fingerprint density at radius 1 is 0.960 bits per heavy atom. The quantitative estimate of drug-likeness (QED) is 0.642. The van der Waals surface area contributed by atoms with Gasteiger partial charge in [-0.2, -0.15) is 0 Å². The summed E-state index contributed by atoms with van der Waals surface area (Å²) in [5.74, 6) is 1.95. The van der Waals surface area contributed by atoms with Crippen LogP contribution in [-0.4, -0.2) is 12.6 Å². The smallest absolute Gasteiger partial charge is 0.231 e. The van der Waals surface area contributed by atoms with Crippen LogP contribution in [0.2, 0.25) is 0 Å². The minimum Gasteiger partial charge on any atom is -0.454 e. The summed E-state index contributed by atoms with van der Waals surface area (Å²) in [4.78, 5) is 13.5. The summed E-state index contributed by atoms with van der Waals surface area (Å²) < 4.78 is 12.1. The molecular formula is C21H16O3S. The fourth-order valence-electron chi connectivity index (χ4n) is 3.61. The summed E-state index contributed by atoms with van der Waals surface area (Å²) in [5, 5.41) is 1.24. The van der Waals surface area contributed by atoms with Crippen LogP contribution in [0.4, 0.5) is 0 Å². The van der Waals surface area contributed by atoms with Crippen molar-refractivity contribution in [3.8, 4) is 11.5 Å². The van der Waals surface area contributed by atoms with Crippen LogP contribution in [0.15, 0.2) is 54.6 Å². The van der Waals surface area contributed by atoms with Crippen LogP contribution in [0.1, 0.15) is 29.2 Å². The molecule has 1 aliphatic carbocycles. The number of benzene rings is 2. The van der Waals surface area contributed by atoms with Crippen molar-refractivity contribution in [3.63, 3.8) is 0 Å². The van der Waals surface area contributed by atoms with Crippen molar-refractivity contribution < 1.29 is 14.3 Å². The van der Waals surface area contributed by atoms with Gasteiger partial charge in [-0.1, -0.05) is 24.3 Å². The number of ether oxygens (including phenoxy) is 2. The van der Waals surface area contributed by atoms with Gasteiger partial charge in [-0.05, 0) is 59.2 Å². The third-order valence-electron chi connectivity index (χ3n) is 4.86. The van der Waals surface area contributed by atoms with E-state index in [1.807, 2.05) is 18.2 Å². The summed E-state index contributed by atoms with van der Waals surface area (Å²) in [6.45, 7) is 0.273. The zero-order valence-electron chi connectivity index (χ0n) is 13.5. The molecule has 3 aromatic rings. The maximum Gasteiger partial charge on any atom is 0.231 e. The summed E-state index contributed by atoms with van der Waals surface area (Å²) >= 11 is 1.76. The number of ketones is 1. The second-order valence-electron chi connectivity index (χ2n) is 6.50. The molecule has 0 saturated carbocycles. The summed E-state index contributed by atoms with van der Waals surface area (Å²) in [6, 6.07) is 16.6. The third kappa shape index (κ3) is 2.63. The molecule has 1 aromatic heterocycles. The normalized spacial score (nSPS) is 19.3. The van der Waals surface area contributed by atoms with Crippen LogP contribution in [0, 0.1) is 0 Å². The first-order chi connectivity index (χ1) is 12.3. The maximum atomic E-state index is 12.4. The first kappa shape index (κ1) is 14.7. The van der Waals surface area contributed by atoms with Crippen molar-refractivity contribution in [2.45, 2.75) is 18.8 Å². The van der Waals surface area contributed by atoms with Gasteiger partial charge in [-0.25, -0.2) is 0 Å². The molecule has 0 amide bonds. The number of hydrogen-bond donors (Lipinski definition) is 0. The first-order valence-corrected chi connectivity index (χ1v) is 9.20. The second-order valence-corrected chi connectivity index (χ2v) is 7.59. The van der Waals surface area contributed by atoms with Gasteiger partial charge in [0.15, 0.2) is 17.3 Å². The molecule has 1 aliphatic heterocycles. The molecule has 5 rings (SSSR count). The Morgan fingerprint density at radius 2 is 1.84 bits per heavy atom. The highest BCUT2D eigenvalue weighted by atomic mass is 32.1. The minimum atomic E-state index is 0.187. The fourth-order valence-corrected chi connectivity index (χ4v) is 4.69. The Morgan fingerprint density at radius 3 is 2.76 bits per heavy atom. The molecule has 2 heterocycles. The van der Waals surface area contributed by atoms with Crippen molar-refractivity contribution in [2.75, 3.05) is 6.79 Å². The molecule has 0 saturated heterocycles. The molecule has 0 spiro atoms. The van der Waals surface area contributed by atoms with E-state index in [4.69, 9.17) is 9.47 Å². The molecule has 1 atom stereocenters. The molecular weight excluding hydrogens is 332 g/mol. The Labute approximate surface area is 149 Å². The summed E-state index contributed by atoms with van der Waals surface area (Å²) in [7, 11) is 0. The van der Waals surface area contributed by atoms with Crippen LogP contribution in [0.3, 0.4) is 0 Å². The van der Waals surface area contributed by atoms with Crippen LogP contribution in [0.5, 0.6) is 11.5 Å². The maximum absolute atomic E-state index is 12.4. The van der Waals surface area contributed by atoms with E-state index in [2.05, 4.69) is 36.4 Å². The molecule has 0 bridgehead atoms. The van der Waals surface area contributed by atoms with E-state index in [1.54, 1.807) is 11.3 Å². The monoisotopic (exact) mass is 348 g/mol. The Bertz CT molecular complexity index is 982. The number of thiophene rings is 1. The Balaban J connectivity index is 1.49. The lowest BCUT2D eigenvalue weighted by Crippen LogP contribution is -2.12. The minimum absolute atomic E-state index is 0.187. The van der Waals surface area contributed by atoms with Gasteiger partial charge >= 0.3 is 0 Å². The standard InChI is InChI=1S/C21H16O3S/c22-17-8-15(13-5-6-18-19(10-13)24-12-23-18)7-16(9-17)21-11-14-3-1-2-4-20(14)25-21/h1-6,9-11,15H,7-8,12H2. The van der Waals surface area contributed by atoms with Crippen molar-refractivity contribution in [1.82, 2.24) is 0 Å². The number of carbonyl (C=O) groups is 1. The first-order valence-electron chi connectivity index (χ1n) is 8.38. The number of fused-ring (bicyclic) bond motifs is 2. The van der Waals surface area contributed by atoms with Crippen LogP contribution in [0.25, 0.3) is 15.7 Å². The highest BCUT2D eigenvalue weighted by Gasteiger charge is 2.25. The van der Waals surface area contributed by atoms with Gasteiger partial charge in [0.25, 0.3) is 0 Å². The van der Waals surface area contributed by atoms with E-state index in [9.17, 15) is 4.79 Å². The van der Waals surface area contributed by atoms with Gasteiger partial charge in [-0.15, -0.1) is 11.3 Å². The lowest BCUT2D eigenvalue weighted by atomic mass is 9.82. The highest BCUT2D eigenvalue weighted by Crippen LogP contribution is 2.42. The molecule has 3 nitrogen and oxygen atoms in total. The van der Waals surface area contributed by atoms with Gasteiger partial charge in [-0.3, -0.25) is 4.79 Å². The molecule has 1 unspecified atom stereocenters. The van der Waals surface area contributed by atoms with E-state index in [1.165, 1.54) is 15.0 Å². The molecule has 0 fully saturated rings. The molecule has 0 N–H and O–H groups in total. The van der Waals surface area contributed by atoms with Crippen molar-refractivity contribution in [2.24, 2.45) is 0 Å². The predicted molar refractivity (Wildman–Crippen MR) is 99.3 cm³/mol. The lowest BCUT2D eigenvalue weighted by Gasteiger charge is -2.22. The summed E-state index contributed by atoms with van der Waals surface area (Å²) in [6.07, 6.45) is 3.25. The number of hydrogen-bond acceptors (Lipinski definition) is 4. The van der Waals surface area contributed by atoms with Crippen LogP contribution in [-0.2, 0) is 4.79 Å². The third-order valence-corrected chi connectivity index (χ3v) is 6.05. The van der Waals surface area contributed by atoms with Gasteiger partial charge in [0.2, 0.25) is 6.79 Å². The van der Waals surface area contributed by atoms with Gasteiger partial charge in [0.05, 0.1) is 0 Å². The van der Waals surface area contributed by atoms with Crippen molar-refractivity contribution in [1.29, 1.82) is 0 Å². The van der Waals surface area contributed by atoms with Gasteiger partial charge in [0.1, 0.15) is 0 Å². The van der Waals surface area contributed by atoms with E-state index >= 15 is 0 Å². The van der Waals surface area contributed by atoms with Gasteiger partial charge in [0, 0.05) is 16.0 Å². The summed E-state index contributed by atoms with van der Waals surface area (Å²) in [5.41, 5.74) is 2.28.